The summed E-state index contributed by atoms with van der Waals surface area (Å²) in [6.07, 6.45) is 0.331. The van der Waals surface area contributed by atoms with Crippen molar-refractivity contribution in [1.29, 1.82) is 5.26 Å². The van der Waals surface area contributed by atoms with E-state index in [2.05, 4.69) is 16.7 Å². The molecule has 2 atom stereocenters. The predicted molar refractivity (Wildman–Crippen MR) is 81.1 cm³/mol. The number of carbonyl (C=O) groups excluding carboxylic acids is 2. The zero-order valence-corrected chi connectivity index (χ0v) is 12.6. The van der Waals surface area contributed by atoms with Crippen molar-refractivity contribution in [3.05, 3.63) is 29.8 Å². The fourth-order valence-electron chi connectivity index (χ4n) is 3.30. The average Bonchev–Trinajstić information content (AvgIpc) is 2.99. The molecule has 0 aliphatic carbocycles. The van der Waals surface area contributed by atoms with Gasteiger partial charge >= 0.3 is 6.03 Å². The minimum absolute atomic E-state index is 0.0203. The number of rotatable bonds is 1. The molecule has 1 aromatic carbocycles. The van der Waals surface area contributed by atoms with Gasteiger partial charge in [-0.15, -0.1) is 0 Å². The molecule has 2 N–H and O–H groups in total. The van der Waals surface area contributed by atoms with Crippen molar-refractivity contribution in [3.8, 4) is 6.07 Å². The zero-order chi connectivity index (χ0) is 15.9. The molecule has 0 saturated carbocycles. The van der Waals surface area contributed by atoms with E-state index in [4.69, 9.17) is 0 Å². The van der Waals surface area contributed by atoms with E-state index in [1.165, 1.54) is 4.90 Å². The Hall–Kier alpha value is -2.55. The number of hydrogen-bond donors (Lipinski definition) is 2. The van der Waals surface area contributed by atoms with Gasteiger partial charge in [0.05, 0.1) is 11.5 Å². The molecule has 2 aliphatic heterocycles. The second-order valence-corrected chi connectivity index (χ2v) is 6.16. The Morgan fingerprint density at radius 3 is 2.91 bits per heavy atom. The van der Waals surface area contributed by atoms with Crippen LogP contribution in [-0.2, 0) is 10.2 Å². The van der Waals surface area contributed by atoms with Gasteiger partial charge in [0.1, 0.15) is 6.04 Å². The van der Waals surface area contributed by atoms with Gasteiger partial charge in [-0.3, -0.25) is 4.79 Å². The van der Waals surface area contributed by atoms with Gasteiger partial charge < -0.3 is 15.5 Å². The lowest BCUT2D eigenvalue weighted by Gasteiger charge is -2.24. The van der Waals surface area contributed by atoms with Crippen molar-refractivity contribution < 1.29 is 9.59 Å². The molecule has 2 aliphatic rings. The van der Waals surface area contributed by atoms with E-state index in [-0.39, 0.29) is 24.5 Å². The van der Waals surface area contributed by atoms with Crippen LogP contribution < -0.4 is 10.6 Å². The molecule has 3 rings (SSSR count). The van der Waals surface area contributed by atoms with Crippen molar-refractivity contribution >= 4 is 17.6 Å². The van der Waals surface area contributed by atoms with E-state index >= 15 is 0 Å². The number of likely N-dealkylation sites (tertiary alicyclic amines) is 1. The molecule has 0 unspecified atom stereocenters. The highest BCUT2D eigenvalue weighted by Gasteiger charge is 2.55. The summed E-state index contributed by atoms with van der Waals surface area (Å²) >= 11 is 0. The maximum Gasteiger partial charge on any atom is 0.318 e. The lowest BCUT2D eigenvalue weighted by atomic mass is 9.80. The second-order valence-electron chi connectivity index (χ2n) is 6.16. The SMILES string of the molecule is CC(C)NC(=O)N1C[C@]2(C[C@H]1C#N)C(=O)Nc1ccccc12. The number of carbonyl (C=O) groups is 2. The maximum absolute atomic E-state index is 12.5. The molecule has 1 fully saturated rings. The van der Waals surface area contributed by atoms with Crippen LogP contribution in [0.15, 0.2) is 24.3 Å². The Balaban J connectivity index is 1.96. The first-order valence-corrected chi connectivity index (χ1v) is 7.35. The van der Waals surface area contributed by atoms with Crippen LogP contribution >= 0.6 is 0 Å². The molecule has 0 aromatic heterocycles. The Morgan fingerprint density at radius 2 is 2.23 bits per heavy atom. The van der Waals surface area contributed by atoms with E-state index in [0.29, 0.717) is 6.42 Å². The van der Waals surface area contributed by atoms with Crippen molar-refractivity contribution in [2.24, 2.45) is 0 Å². The van der Waals surface area contributed by atoms with Gasteiger partial charge in [0.2, 0.25) is 5.91 Å². The predicted octanol–water partition coefficient (Wildman–Crippen LogP) is 1.59. The van der Waals surface area contributed by atoms with Gasteiger partial charge in [0.25, 0.3) is 0 Å². The zero-order valence-electron chi connectivity index (χ0n) is 12.6. The smallest absolute Gasteiger partial charge is 0.318 e. The van der Waals surface area contributed by atoms with Gasteiger partial charge in [-0.1, -0.05) is 18.2 Å². The number of amides is 3. The van der Waals surface area contributed by atoms with Crippen molar-refractivity contribution in [3.63, 3.8) is 0 Å². The highest BCUT2D eigenvalue weighted by Crippen LogP contribution is 2.46. The van der Waals surface area contributed by atoms with Crippen LogP contribution in [-0.4, -0.2) is 35.5 Å². The molecular weight excluding hydrogens is 280 g/mol. The summed E-state index contributed by atoms with van der Waals surface area (Å²) in [6.45, 7) is 3.96. The van der Waals surface area contributed by atoms with Gasteiger partial charge in [0, 0.05) is 24.7 Å². The molecule has 3 amide bonds. The molecule has 2 heterocycles. The Morgan fingerprint density at radius 1 is 1.50 bits per heavy atom. The van der Waals surface area contributed by atoms with Crippen LogP contribution in [0.5, 0.6) is 0 Å². The highest BCUT2D eigenvalue weighted by molar-refractivity contribution is 6.07. The number of para-hydroxylation sites is 1. The number of benzene rings is 1. The topological polar surface area (TPSA) is 85.2 Å². The van der Waals surface area contributed by atoms with E-state index in [1.54, 1.807) is 0 Å². The third-order valence-electron chi connectivity index (χ3n) is 4.31. The minimum atomic E-state index is -0.814. The van der Waals surface area contributed by atoms with E-state index in [0.717, 1.165) is 11.3 Å². The number of fused-ring (bicyclic) bond motifs is 2. The van der Waals surface area contributed by atoms with Crippen molar-refractivity contribution in [2.45, 2.75) is 37.8 Å². The Bertz CT molecular complexity index is 679. The number of anilines is 1. The number of nitriles is 1. The molecule has 1 aromatic rings. The number of hydrogen-bond acceptors (Lipinski definition) is 3. The summed E-state index contributed by atoms with van der Waals surface area (Å²) in [7, 11) is 0. The lowest BCUT2D eigenvalue weighted by molar-refractivity contribution is -0.120. The van der Waals surface area contributed by atoms with Crippen LogP contribution in [0, 0.1) is 11.3 Å². The van der Waals surface area contributed by atoms with Crippen LogP contribution in [0.25, 0.3) is 0 Å². The average molecular weight is 298 g/mol. The standard InChI is InChI=1S/C16H18N4O2/c1-10(2)18-15(22)20-9-16(7-11(20)8-17)12-5-3-4-6-13(12)19-14(16)21/h3-6,10-11H,7,9H2,1-2H3,(H,18,22)(H,19,21)/t11-,16-/m0/s1. The Kier molecular flexibility index (Phi) is 3.28. The highest BCUT2D eigenvalue weighted by atomic mass is 16.2. The quantitative estimate of drug-likeness (QED) is 0.825. The van der Waals surface area contributed by atoms with Gasteiger partial charge in [-0.25, -0.2) is 4.79 Å². The van der Waals surface area contributed by atoms with E-state index in [9.17, 15) is 14.9 Å². The molecule has 6 nitrogen and oxygen atoms in total. The first-order valence-electron chi connectivity index (χ1n) is 7.35. The van der Waals surface area contributed by atoms with Crippen molar-refractivity contribution in [2.75, 3.05) is 11.9 Å². The third-order valence-corrected chi connectivity index (χ3v) is 4.31. The van der Waals surface area contributed by atoms with Gasteiger partial charge in [-0.2, -0.15) is 5.26 Å². The fourth-order valence-corrected chi connectivity index (χ4v) is 3.30. The summed E-state index contributed by atoms with van der Waals surface area (Å²) in [6, 6.07) is 8.71. The normalized spacial score (nSPS) is 26.0. The van der Waals surface area contributed by atoms with Crippen LogP contribution in [0.4, 0.5) is 10.5 Å². The van der Waals surface area contributed by atoms with E-state index in [1.807, 2.05) is 38.1 Å². The molecular formula is C16H18N4O2. The maximum atomic E-state index is 12.5. The number of urea groups is 1. The van der Waals surface area contributed by atoms with Gasteiger partial charge in [-0.05, 0) is 25.5 Å². The van der Waals surface area contributed by atoms with Crippen LogP contribution in [0.3, 0.4) is 0 Å². The molecule has 1 saturated heterocycles. The molecule has 114 valence electrons. The first kappa shape index (κ1) is 14.4. The summed E-state index contributed by atoms with van der Waals surface area (Å²) < 4.78 is 0. The Labute approximate surface area is 129 Å². The summed E-state index contributed by atoms with van der Waals surface area (Å²) in [5.74, 6) is -0.131. The molecule has 1 spiro atoms. The monoisotopic (exact) mass is 298 g/mol. The van der Waals surface area contributed by atoms with Crippen molar-refractivity contribution in [1.82, 2.24) is 10.2 Å². The van der Waals surface area contributed by atoms with E-state index < -0.39 is 11.5 Å². The molecule has 6 heteroatoms. The first-order chi connectivity index (χ1) is 10.5. The number of nitrogens with one attached hydrogen (secondary N) is 2. The summed E-state index contributed by atoms with van der Waals surface area (Å²) in [5, 5.41) is 15.1. The fraction of sp³-hybridized carbons (Fsp3) is 0.438. The summed E-state index contributed by atoms with van der Waals surface area (Å²) in [5.41, 5.74) is 0.834. The van der Waals surface area contributed by atoms with Crippen LogP contribution in [0.1, 0.15) is 25.8 Å². The molecule has 0 bridgehead atoms. The van der Waals surface area contributed by atoms with Crippen LogP contribution in [0.2, 0.25) is 0 Å². The molecule has 22 heavy (non-hydrogen) atoms. The lowest BCUT2D eigenvalue weighted by Crippen LogP contribution is -2.46. The summed E-state index contributed by atoms with van der Waals surface area (Å²) in [4.78, 5) is 26.3. The largest absolute Gasteiger partial charge is 0.336 e. The second kappa shape index (κ2) is 5.02. The number of nitrogens with zero attached hydrogens (tertiary/aromatic N) is 2. The van der Waals surface area contributed by atoms with Gasteiger partial charge in [0.15, 0.2) is 0 Å². The third kappa shape index (κ3) is 2.01. The molecule has 0 radical (unpaired) electrons. The minimum Gasteiger partial charge on any atom is -0.336 e.